The zero-order valence-corrected chi connectivity index (χ0v) is 11.5. The molecule has 0 spiro atoms. The van der Waals surface area contributed by atoms with Gasteiger partial charge in [0.05, 0.1) is 17.2 Å². The van der Waals surface area contributed by atoms with E-state index in [9.17, 15) is 0 Å². The molecule has 0 aromatic heterocycles. The largest absolute Gasteiger partial charge is 0.490 e. The Balaban J connectivity index is 2.52. The first kappa shape index (κ1) is 14.8. The number of rotatable bonds is 7. The van der Waals surface area contributed by atoms with Crippen molar-refractivity contribution in [2.75, 3.05) is 19.8 Å². The zero-order valence-electron chi connectivity index (χ0n) is 10.7. The highest BCUT2D eigenvalue weighted by molar-refractivity contribution is 6.34. The molecule has 0 fully saturated rings. The quantitative estimate of drug-likeness (QED) is 0.455. The summed E-state index contributed by atoms with van der Waals surface area (Å²) in [5.41, 5.74) is 5.91. The van der Waals surface area contributed by atoms with Crippen LogP contribution in [-0.4, -0.2) is 25.7 Å². The highest BCUT2D eigenvalue weighted by Crippen LogP contribution is 2.25. The minimum absolute atomic E-state index is 0.0984. The molecule has 0 aliphatic rings. The van der Waals surface area contributed by atoms with Gasteiger partial charge in [0.2, 0.25) is 0 Å². The Morgan fingerprint density at radius 3 is 2.72 bits per heavy atom. The van der Waals surface area contributed by atoms with Gasteiger partial charge in [-0.3, -0.25) is 5.41 Å². The van der Waals surface area contributed by atoms with Crippen LogP contribution >= 0.6 is 11.6 Å². The van der Waals surface area contributed by atoms with Crippen molar-refractivity contribution < 1.29 is 9.47 Å². The second-order valence-corrected chi connectivity index (χ2v) is 4.75. The van der Waals surface area contributed by atoms with E-state index in [1.807, 2.05) is 0 Å². The van der Waals surface area contributed by atoms with Crippen molar-refractivity contribution in [3.63, 3.8) is 0 Å². The van der Waals surface area contributed by atoms with E-state index in [1.54, 1.807) is 18.2 Å². The summed E-state index contributed by atoms with van der Waals surface area (Å²) >= 11 is 5.97. The lowest BCUT2D eigenvalue weighted by Crippen LogP contribution is -2.16. The van der Waals surface area contributed by atoms with Crippen LogP contribution in [-0.2, 0) is 4.74 Å². The summed E-state index contributed by atoms with van der Waals surface area (Å²) in [7, 11) is 0. The van der Waals surface area contributed by atoms with Crippen molar-refractivity contribution >= 4 is 17.4 Å². The summed E-state index contributed by atoms with van der Waals surface area (Å²) in [6.07, 6.45) is 0. The second-order valence-electron chi connectivity index (χ2n) is 4.34. The lowest BCUT2D eigenvalue weighted by Gasteiger charge is -2.12. The van der Waals surface area contributed by atoms with Crippen LogP contribution in [0.5, 0.6) is 5.75 Å². The predicted molar refractivity (Wildman–Crippen MR) is 73.6 cm³/mol. The Bertz CT molecular complexity index is 408. The molecule has 1 aromatic carbocycles. The molecule has 0 aliphatic carbocycles. The molecule has 0 heterocycles. The summed E-state index contributed by atoms with van der Waals surface area (Å²) in [4.78, 5) is 0. The van der Waals surface area contributed by atoms with Crippen LogP contribution in [0.4, 0.5) is 0 Å². The lowest BCUT2D eigenvalue weighted by atomic mass is 10.2. The van der Waals surface area contributed by atoms with Crippen molar-refractivity contribution in [2.45, 2.75) is 13.8 Å². The Morgan fingerprint density at radius 2 is 2.11 bits per heavy atom. The van der Waals surface area contributed by atoms with Gasteiger partial charge in [-0.05, 0) is 18.1 Å². The Labute approximate surface area is 113 Å². The minimum Gasteiger partial charge on any atom is -0.490 e. The van der Waals surface area contributed by atoms with E-state index in [1.165, 1.54) is 0 Å². The number of amidine groups is 1. The standard InChI is InChI=1S/C13H19ClN2O2/c1-9(2)8-17-6-7-18-11-5-3-4-10(14)12(11)13(15)16/h3-5,9H,6-8H2,1-2H3,(H3,15,16). The molecule has 1 rings (SSSR count). The van der Waals surface area contributed by atoms with E-state index < -0.39 is 0 Å². The van der Waals surface area contributed by atoms with Crippen molar-refractivity contribution in [1.29, 1.82) is 5.41 Å². The molecule has 5 heteroatoms. The fourth-order valence-electron chi connectivity index (χ4n) is 1.42. The fourth-order valence-corrected chi connectivity index (χ4v) is 1.68. The first-order valence-electron chi connectivity index (χ1n) is 5.85. The van der Waals surface area contributed by atoms with Crippen LogP contribution in [0.3, 0.4) is 0 Å². The molecule has 4 nitrogen and oxygen atoms in total. The van der Waals surface area contributed by atoms with Crippen LogP contribution in [0.25, 0.3) is 0 Å². The van der Waals surface area contributed by atoms with Crippen molar-refractivity contribution in [1.82, 2.24) is 0 Å². The Kier molecular flexibility index (Phi) is 5.95. The number of nitrogen functional groups attached to an aromatic ring is 1. The first-order chi connectivity index (χ1) is 8.52. The average molecular weight is 271 g/mol. The summed E-state index contributed by atoms with van der Waals surface area (Å²) in [6.45, 7) is 5.80. The molecule has 0 amide bonds. The van der Waals surface area contributed by atoms with Crippen LogP contribution in [0.2, 0.25) is 5.02 Å². The van der Waals surface area contributed by atoms with E-state index in [4.69, 9.17) is 32.2 Å². The number of hydrogen-bond acceptors (Lipinski definition) is 3. The molecule has 0 aliphatic heterocycles. The molecule has 0 atom stereocenters. The number of halogens is 1. The number of hydrogen-bond donors (Lipinski definition) is 2. The summed E-state index contributed by atoms with van der Waals surface area (Å²) in [5, 5.41) is 7.89. The predicted octanol–water partition coefficient (Wildman–Crippen LogP) is 2.68. The third-order valence-electron chi connectivity index (χ3n) is 2.18. The molecule has 0 saturated heterocycles. The van der Waals surface area contributed by atoms with Gasteiger partial charge in [-0.2, -0.15) is 0 Å². The number of ether oxygens (including phenoxy) is 2. The van der Waals surface area contributed by atoms with Crippen LogP contribution in [0.1, 0.15) is 19.4 Å². The molecule has 100 valence electrons. The topological polar surface area (TPSA) is 68.3 Å². The molecule has 0 saturated carbocycles. The maximum Gasteiger partial charge on any atom is 0.131 e. The normalized spacial score (nSPS) is 10.7. The van der Waals surface area contributed by atoms with Gasteiger partial charge in [-0.1, -0.05) is 31.5 Å². The Hall–Kier alpha value is -1.26. The molecule has 0 unspecified atom stereocenters. The van der Waals surface area contributed by atoms with Gasteiger partial charge in [0.1, 0.15) is 18.2 Å². The van der Waals surface area contributed by atoms with Crippen molar-refractivity contribution in [2.24, 2.45) is 11.7 Å². The maximum atomic E-state index is 7.47. The monoisotopic (exact) mass is 270 g/mol. The number of nitrogens with one attached hydrogen (secondary N) is 1. The van der Waals surface area contributed by atoms with E-state index in [0.717, 1.165) is 0 Å². The van der Waals surface area contributed by atoms with Gasteiger partial charge < -0.3 is 15.2 Å². The summed E-state index contributed by atoms with van der Waals surface area (Å²) in [5.74, 6) is 0.922. The highest BCUT2D eigenvalue weighted by Gasteiger charge is 2.10. The highest BCUT2D eigenvalue weighted by atomic mass is 35.5. The zero-order chi connectivity index (χ0) is 13.5. The van der Waals surface area contributed by atoms with Gasteiger partial charge in [-0.25, -0.2) is 0 Å². The first-order valence-corrected chi connectivity index (χ1v) is 6.23. The summed E-state index contributed by atoms with van der Waals surface area (Å²) < 4.78 is 10.9. The van der Waals surface area contributed by atoms with Gasteiger partial charge in [0.25, 0.3) is 0 Å². The van der Waals surface area contributed by atoms with Crippen LogP contribution in [0, 0.1) is 11.3 Å². The molecule has 0 bridgehead atoms. The molecular weight excluding hydrogens is 252 g/mol. The molecule has 0 radical (unpaired) electrons. The average Bonchev–Trinajstić information content (AvgIpc) is 2.27. The minimum atomic E-state index is -0.0984. The molecule has 1 aromatic rings. The van der Waals surface area contributed by atoms with Crippen LogP contribution in [0.15, 0.2) is 18.2 Å². The van der Waals surface area contributed by atoms with Gasteiger partial charge in [0, 0.05) is 6.61 Å². The number of nitrogens with two attached hydrogens (primary N) is 1. The number of benzene rings is 1. The summed E-state index contributed by atoms with van der Waals surface area (Å²) in [6, 6.07) is 5.19. The van der Waals surface area contributed by atoms with E-state index in [-0.39, 0.29) is 5.84 Å². The fraction of sp³-hybridized carbons (Fsp3) is 0.462. The molecular formula is C13H19ClN2O2. The Morgan fingerprint density at radius 1 is 1.39 bits per heavy atom. The SMILES string of the molecule is CC(C)COCCOc1cccc(Cl)c1C(=N)N. The van der Waals surface area contributed by atoms with E-state index in [2.05, 4.69) is 13.8 Å². The van der Waals surface area contributed by atoms with Crippen LogP contribution < -0.4 is 10.5 Å². The smallest absolute Gasteiger partial charge is 0.131 e. The third-order valence-corrected chi connectivity index (χ3v) is 2.50. The molecule has 18 heavy (non-hydrogen) atoms. The van der Waals surface area contributed by atoms with Gasteiger partial charge in [0.15, 0.2) is 0 Å². The van der Waals surface area contributed by atoms with Crippen molar-refractivity contribution in [3.8, 4) is 5.75 Å². The van der Waals surface area contributed by atoms with Gasteiger partial charge >= 0.3 is 0 Å². The molecule has 3 N–H and O–H groups in total. The van der Waals surface area contributed by atoms with E-state index >= 15 is 0 Å². The third kappa shape index (κ3) is 4.55. The lowest BCUT2D eigenvalue weighted by molar-refractivity contribution is 0.0818. The van der Waals surface area contributed by atoms with Crippen molar-refractivity contribution in [3.05, 3.63) is 28.8 Å². The van der Waals surface area contributed by atoms with E-state index in [0.29, 0.717) is 42.1 Å². The van der Waals surface area contributed by atoms with Gasteiger partial charge in [-0.15, -0.1) is 0 Å². The second kappa shape index (κ2) is 7.24. The maximum absolute atomic E-state index is 7.47.